The van der Waals surface area contributed by atoms with E-state index in [1.165, 1.54) is 0 Å². The molecule has 2 aromatic rings. The summed E-state index contributed by atoms with van der Waals surface area (Å²) in [6, 6.07) is 9.76. The highest BCUT2D eigenvalue weighted by Gasteiger charge is 2.11. The zero-order valence-electron chi connectivity index (χ0n) is 10.7. The van der Waals surface area contributed by atoms with E-state index in [1.54, 1.807) is 6.07 Å². The summed E-state index contributed by atoms with van der Waals surface area (Å²) in [5, 5.41) is 1.42. The third kappa shape index (κ3) is 2.65. The first-order chi connectivity index (χ1) is 8.49. The number of halogens is 2. The van der Waals surface area contributed by atoms with Crippen molar-refractivity contribution in [1.82, 2.24) is 4.68 Å². The van der Waals surface area contributed by atoms with Gasteiger partial charge >= 0.3 is 0 Å². The minimum atomic E-state index is 0.0843. The van der Waals surface area contributed by atoms with E-state index in [0.717, 1.165) is 22.0 Å². The summed E-state index contributed by atoms with van der Waals surface area (Å²) in [5.41, 5.74) is 6.74. The molecule has 1 unspecified atom stereocenters. The van der Waals surface area contributed by atoms with Crippen molar-refractivity contribution in [2.45, 2.75) is 26.8 Å². The van der Waals surface area contributed by atoms with Crippen LogP contribution in [0.15, 0.2) is 30.3 Å². The third-order valence-corrected chi connectivity index (χ3v) is 3.60. The van der Waals surface area contributed by atoms with Gasteiger partial charge in [0.15, 0.2) is 0 Å². The highest BCUT2D eigenvalue weighted by Crippen LogP contribution is 2.27. The summed E-state index contributed by atoms with van der Waals surface area (Å²) < 4.78 is 2.06. The van der Waals surface area contributed by atoms with Crippen LogP contribution >= 0.6 is 23.2 Å². The molecular formula is C14H16Cl2N2. The first-order valence-corrected chi connectivity index (χ1v) is 6.61. The fraction of sp³-hybridized carbons (Fsp3) is 0.286. The first-order valence-electron chi connectivity index (χ1n) is 5.85. The topological polar surface area (TPSA) is 17.0 Å². The van der Waals surface area contributed by atoms with E-state index in [2.05, 4.69) is 43.0 Å². The lowest BCUT2D eigenvalue weighted by Gasteiger charge is -2.21. The summed E-state index contributed by atoms with van der Waals surface area (Å²) in [5.74, 6) is 0. The maximum atomic E-state index is 6.20. The van der Waals surface area contributed by atoms with E-state index in [4.69, 9.17) is 23.2 Å². The zero-order valence-corrected chi connectivity index (χ0v) is 12.2. The Morgan fingerprint density at radius 1 is 1.06 bits per heavy atom. The number of nitrogens with one attached hydrogen (secondary N) is 1. The second-order valence-corrected chi connectivity index (χ2v) is 5.31. The van der Waals surface area contributed by atoms with Crippen molar-refractivity contribution in [2.75, 3.05) is 5.43 Å². The van der Waals surface area contributed by atoms with Crippen LogP contribution in [0.3, 0.4) is 0 Å². The van der Waals surface area contributed by atoms with Gasteiger partial charge in [0.25, 0.3) is 0 Å². The molecule has 0 fully saturated rings. The van der Waals surface area contributed by atoms with Crippen LogP contribution in [0.25, 0.3) is 0 Å². The molecule has 0 aliphatic carbocycles. The number of aromatic nitrogens is 1. The Bertz CT molecular complexity index is 541. The van der Waals surface area contributed by atoms with Crippen LogP contribution in [0, 0.1) is 13.8 Å². The van der Waals surface area contributed by atoms with Gasteiger partial charge in [-0.05, 0) is 56.7 Å². The van der Waals surface area contributed by atoms with Gasteiger partial charge in [-0.15, -0.1) is 0 Å². The average molecular weight is 283 g/mol. The first kappa shape index (κ1) is 13.3. The molecule has 0 bridgehead atoms. The van der Waals surface area contributed by atoms with E-state index >= 15 is 0 Å². The van der Waals surface area contributed by atoms with Gasteiger partial charge in [-0.25, -0.2) is 0 Å². The van der Waals surface area contributed by atoms with Crippen molar-refractivity contribution in [1.29, 1.82) is 0 Å². The van der Waals surface area contributed by atoms with Crippen LogP contribution in [-0.4, -0.2) is 4.68 Å². The van der Waals surface area contributed by atoms with Gasteiger partial charge < -0.3 is 5.43 Å². The molecule has 0 saturated carbocycles. The summed E-state index contributed by atoms with van der Waals surface area (Å²) in [4.78, 5) is 0. The Balaban J connectivity index is 2.27. The number of nitrogens with zero attached hydrogens (tertiary/aromatic N) is 1. The molecule has 1 aromatic carbocycles. The van der Waals surface area contributed by atoms with E-state index in [1.807, 2.05) is 12.1 Å². The van der Waals surface area contributed by atoms with Crippen LogP contribution in [0.1, 0.15) is 29.9 Å². The minimum Gasteiger partial charge on any atom is -0.319 e. The van der Waals surface area contributed by atoms with Crippen LogP contribution < -0.4 is 5.43 Å². The quantitative estimate of drug-likeness (QED) is 0.862. The third-order valence-electron chi connectivity index (χ3n) is 3.02. The molecule has 0 saturated heterocycles. The number of hydrogen-bond donors (Lipinski definition) is 1. The maximum Gasteiger partial charge on any atom is 0.0660 e. The number of hydrogen-bond acceptors (Lipinski definition) is 1. The predicted molar refractivity (Wildman–Crippen MR) is 78.1 cm³/mol. The van der Waals surface area contributed by atoms with Crippen LogP contribution in [0.4, 0.5) is 0 Å². The highest BCUT2D eigenvalue weighted by molar-refractivity contribution is 6.33. The van der Waals surface area contributed by atoms with Gasteiger partial charge in [-0.2, -0.15) is 0 Å². The zero-order chi connectivity index (χ0) is 13.3. The smallest absolute Gasteiger partial charge is 0.0660 e. The second kappa shape index (κ2) is 5.25. The average Bonchev–Trinajstić information content (AvgIpc) is 2.64. The van der Waals surface area contributed by atoms with Crippen molar-refractivity contribution in [3.63, 3.8) is 0 Å². The van der Waals surface area contributed by atoms with E-state index < -0.39 is 0 Å². The molecule has 0 spiro atoms. The summed E-state index contributed by atoms with van der Waals surface area (Å²) >= 11 is 12.2. The lowest BCUT2D eigenvalue weighted by molar-refractivity contribution is 0.699. The van der Waals surface area contributed by atoms with Gasteiger partial charge in [0.05, 0.1) is 6.04 Å². The summed E-state index contributed by atoms with van der Waals surface area (Å²) in [6.45, 7) is 6.19. The molecule has 0 aliphatic rings. The van der Waals surface area contributed by atoms with Crippen molar-refractivity contribution in [3.8, 4) is 0 Å². The Hall–Kier alpha value is -1.12. The van der Waals surface area contributed by atoms with Gasteiger partial charge in [0.1, 0.15) is 0 Å². The van der Waals surface area contributed by atoms with Crippen molar-refractivity contribution >= 4 is 23.2 Å². The molecule has 4 heteroatoms. The van der Waals surface area contributed by atoms with Crippen molar-refractivity contribution in [3.05, 3.63) is 57.3 Å². The number of aryl methyl sites for hydroxylation is 2. The van der Waals surface area contributed by atoms with Gasteiger partial charge in [0, 0.05) is 21.4 Å². The van der Waals surface area contributed by atoms with Gasteiger partial charge in [0.2, 0.25) is 0 Å². The fourth-order valence-electron chi connectivity index (χ4n) is 1.98. The van der Waals surface area contributed by atoms with Gasteiger partial charge in [-0.3, -0.25) is 4.68 Å². The molecule has 0 radical (unpaired) electrons. The normalized spacial score (nSPS) is 12.5. The molecule has 1 N–H and O–H groups in total. The fourth-order valence-corrected chi connectivity index (χ4v) is 2.44. The van der Waals surface area contributed by atoms with Gasteiger partial charge in [-0.1, -0.05) is 23.2 Å². The van der Waals surface area contributed by atoms with Crippen LogP contribution in [0.2, 0.25) is 10.0 Å². The monoisotopic (exact) mass is 282 g/mol. The Morgan fingerprint density at radius 2 is 1.67 bits per heavy atom. The molecule has 0 amide bonds. The molecule has 1 aromatic heterocycles. The van der Waals surface area contributed by atoms with Crippen molar-refractivity contribution < 1.29 is 0 Å². The van der Waals surface area contributed by atoms with Crippen LogP contribution in [0.5, 0.6) is 0 Å². The standard InChI is InChI=1S/C14H16Cl2N2/c1-9-4-5-10(2)18(9)17-11(3)13-8-12(15)6-7-14(13)16/h4-8,11,17H,1-3H3. The van der Waals surface area contributed by atoms with Crippen molar-refractivity contribution in [2.24, 2.45) is 0 Å². The van der Waals surface area contributed by atoms with Crippen LogP contribution in [-0.2, 0) is 0 Å². The Labute approximate surface area is 117 Å². The highest BCUT2D eigenvalue weighted by atomic mass is 35.5. The largest absolute Gasteiger partial charge is 0.319 e. The lowest BCUT2D eigenvalue weighted by atomic mass is 10.1. The second-order valence-electron chi connectivity index (χ2n) is 4.47. The van der Waals surface area contributed by atoms with E-state index in [9.17, 15) is 0 Å². The predicted octanol–water partition coefficient (Wildman–Crippen LogP) is 4.72. The Morgan fingerprint density at radius 3 is 2.28 bits per heavy atom. The minimum absolute atomic E-state index is 0.0843. The summed E-state index contributed by atoms with van der Waals surface area (Å²) in [6.07, 6.45) is 0. The molecule has 1 atom stereocenters. The molecule has 2 rings (SSSR count). The molecule has 0 aliphatic heterocycles. The van der Waals surface area contributed by atoms with E-state index in [-0.39, 0.29) is 6.04 Å². The summed E-state index contributed by atoms with van der Waals surface area (Å²) in [7, 11) is 0. The molecular weight excluding hydrogens is 267 g/mol. The molecule has 18 heavy (non-hydrogen) atoms. The SMILES string of the molecule is Cc1ccc(C)n1NC(C)c1cc(Cl)ccc1Cl. The molecule has 2 nitrogen and oxygen atoms in total. The molecule has 96 valence electrons. The lowest BCUT2D eigenvalue weighted by Crippen LogP contribution is -2.21. The maximum absolute atomic E-state index is 6.20. The van der Waals surface area contributed by atoms with E-state index in [0.29, 0.717) is 5.02 Å². The number of benzene rings is 1. The Kier molecular flexibility index (Phi) is 3.88. The molecule has 1 heterocycles. The number of rotatable bonds is 3.